The first-order chi connectivity index (χ1) is 14.6. The number of rotatable bonds is 2. The Labute approximate surface area is 188 Å². The summed E-state index contributed by atoms with van der Waals surface area (Å²) in [5.41, 5.74) is 5.82. The van der Waals surface area contributed by atoms with Crippen molar-refractivity contribution in [1.82, 2.24) is 5.32 Å². The summed E-state index contributed by atoms with van der Waals surface area (Å²) in [4.78, 5) is 29.5. The number of nitrogens with zero attached hydrogens (tertiary/aromatic N) is 2. The molecule has 0 bridgehead atoms. The van der Waals surface area contributed by atoms with E-state index in [1.165, 1.54) is 10.5 Å². The number of hydrogen-bond donors (Lipinski definition) is 1. The number of amides is 2. The minimum atomic E-state index is -0.482. The standard InChI is InChI=1S/C25H25N3O2S/c1-15-11-21-19(16(2)14-25(3,4)27(21)5)12-17(15)13-20-22(29)26-24(31)28(23(20)30)18-9-7-6-8-10-18/h6-14H,1-5H3,(H,26,29,31)/b20-13+. The van der Waals surface area contributed by atoms with Crippen molar-refractivity contribution in [2.75, 3.05) is 16.8 Å². The smallest absolute Gasteiger partial charge is 0.270 e. The predicted octanol–water partition coefficient (Wildman–Crippen LogP) is 4.46. The quantitative estimate of drug-likeness (QED) is 0.433. The van der Waals surface area contributed by atoms with Crippen LogP contribution >= 0.6 is 12.2 Å². The summed E-state index contributed by atoms with van der Waals surface area (Å²) in [7, 11) is 2.08. The topological polar surface area (TPSA) is 52.7 Å². The van der Waals surface area contributed by atoms with E-state index in [9.17, 15) is 9.59 Å². The maximum atomic E-state index is 13.2. The maximum Gasteiger partial charge on any atom is 0.270 e. The Morgan fingerprint density at radius 2 is 1.74 bits per heavy atom. The van der Waals surface area contributed by atoms with Crippen LogP contribution in [-0.2, 0) is 9.59 Å². The van der Waals surface area contributed by atoms with Gasteiger partial charge in [0.05, 0.1) is 11.2 Å². The van der Waals surface area contributed by atoms with Crippen LogP contribution in [0.15, 0.2) is 54.1 Å². The van der Waals surface area contributed by atoms with Crippen LogP contribution in [0.1, 0.15) is 37.5 Å². The van der Waals surface area contributed by atoms with Crippen LogP contribution in [-0.4, -0.2) is 29.5 Å². The van der Waals surface area contributed by atoms with Crippen molar-refractivity contribution in [3.63, 3.8) is 0 Å². The summed E-state index contributed by atoms with van der Waals surface area (Å²) in [5, 5.41) is 2.73. The third-order valence-electron chi connectivity index (χ3n) is 6.02. The SMILES string of the molecule is CC1=CC(C)(C)N(C)c2cc(C)c(/C=C3\C(=O)NC(=S)N(c4ccccc4)C3=O)cc21. The number of likely N-dealkylation sites (N-methyl/N-ethyl adjacent to an activating group) is 1. The van der Waals surface area contributed by atoms with Gasteiger partial charge in [-0.05, 0) is 87.0 Å². The van der Waals surface area contributed by atoms with Gasteiger partial charge >= 0.3 is 0 Å². The minimum Gasteiger partial charge on any atom is -0.365 e. The van der Waals surface area contributed by atoms with Gasteiger partial charge < -0.3 is 4.90 Å². The summed E-state index contributed by atoms with van der Waals surface area (Å²) in [5.74, 6) is -0.910. The molecule has 31 heavy (non-hydrogen) atoms. The zero-order valence-electron chi connectivity index (χ0n) is 18.3. The highest BCUT2D eigenvalue weighted by Gasteiger charge is 2.35. The molecule has 2 aromatic rings. The van der Waals surface area contributed by atoms with Gasteiger partial charge in [0.1, 0.15) is 5.57 Å². The fourth-order valence-electron chi connectivity index (χ4n) is 4.10. The van der Waals surface area contributed by atoms with Gasteiger partial charge in [-0.2, -0.15) is 0 Å². The van der Waals surface area contributed by atoms with Gasteiger partial charge in [0.25, 0.3) is 11.8 Å². The Morgan fingerprint density at radius 1 is 1.06 bits per heavy atom. The van der Waals surface area contributed by atoms with Gasteiger partial charge in [0, 0.05) is 18.3 Å². The van der Waals surface area contributed by atoms with Crippen molar-refractivity contribution in [3.8, 4) is 0 Å². The van der Waals surface area contributed by atoms with Crippen molar-refractivity contribution >= 4 is 52.2 Å². The Morgan fingerprint density at radius 3 is 2.42 bits per heavy atom. The van der Waals surface area contributed by atoms with Gasteiger partial charge in [0.15, 0.2) is 5.11 Å². The van der Waals surface area contributed by atoms with E-state index in [-0.39, 0.29) is 16.2 Å². The van der Waals surface area contributed by atoms with E-state index in [2.05, 4.69) is 56.2 Å². The lowest BCUT2D eigenvalue weighted by Crippen LogP contribution is -2.54. The molecule has 0 spiro atoms. The Kier molecular flexibility index (Phi) is 5.06. The number of fused-ring (bicyclic) bond motifs is 1. The number of benzene rings is 2. The third-order valence-corrected chi connectivity index (χ3v) is 6.31. The van der Waals surface area contributed by atoms with Crippen LogP contribution in [0, 0.1) is 6.92 Å². The summed E-state index contributed by atoms with van der Waals surface area (Å²) in [6.07, 6.45) is 3.90. The highest BCUT2D eigenvalue weighted by Crippen LogP contribution is 2.39. The zero-order valence-corrected chi connectivity index (χ0v) is 19.1. The highest BCUT2D eigenvalue weighted by atomic mass is 32.1. The number of aryl methyl sites for hydroxylation is 1. The average molecular weight is 432 g/mol. The largest absolute Gasteiger partial charge is 0.365 e. The molecule has 2 heterocycles. The molecular weight excluding hydrogens is 406 g/mol. The molecule has 2 amide bonds. The van der Waals surface area contributed by atoms with Crippen LogP contribution in [0.5, 0.6) is 0 Å². The molecule has 1 fully saturated rings. The van der Waals surface area contributed by atoms with Crippen LogP contribution in [0.4, 0.5) is 11.4 Å². The maximum absolute atomic E-state index is 13.2. The normalized spacial score (nSPS) is 19.3. The molecule has 6 heteroatoms. The van der Waals surface area contributed by atoms with Crippen molar-refractivity contribution < 1.29 is 9.59 Å². The molecule has 0 saturated carbocycles. The first-order valence-corrected chi connectivity index (χ1v) is 10.6. The minimum absolute atomic E-state index is 0.0617. The molecule has 2 aliphatic rings. The van der Waals surface area contributed by atoms with Gasteiger partial charge in [-0.1, -0.05) is 24.3 Å². The summed E-state index contributed by atoms with van der Waals surface area (Å²) < 4.78 is 0. The molecule has 0 radical (unpaired) electrons. The molecular formula is C25H25N3O2S. The second-order valence-electron chi connectivity index (χ2n) is 8.56. The molecule has 0 aromatic heterocycles. The van der Waals surface area contributed by atoms with Crippen molar-refractivity contribution in [3.05, 3.63) is 70.8 Å². The molecule has 0 atom stereocenters. The molecule has 5 nitrogen and oxygen atoms in total. The van der Waals surface area contributed by atoms with Crippen LogP contribution in [0.2, 0.25) is 0 Å². The molecule has 1 saturated heterocycles. The molecule has 2 aromatic carbocycles. The fraction of sp³-hybridized carbons (Fsp3) is 0.240. The number of carbonyl (C=O) groups is 2. The van der Waals surface area contributed by atoms with Crippen molar-refractivity contribution in [2.24, 2.45) is 0 Å². The summed E-state index contributed by atoms with van der Waals surface area (Å²) >= 11 is 5.27. The van der Waals surface area contributed by atoms with E-state index in [1.807, 2.05) is 25.1 Å². The molecule has 0 unspecified atom stereocenters. The first-order valence-electron chi connectivity index (χ1n) is 10.1. The second-order valence-corrected chi connectivity index (χ2v) is 8.95. The summed E-state index contributed by atoms with van der Waals surface area (Å²) in [6, 6.07) is 13.3. The fourth-order valence-corrected chi connectivity index (χ4v) is 4.38. The van der Waals surface area contributed by atoms with Crippen molar-refractivity contribution in [1.29, 1.82) is 0 Å². The number of thiocarbonyl (C=S) groups is 1. The number of allylic oxidation sites excluding steroid dienone is 1. The molecule has 4 rings (SSSR count). The van der Waals surface area contributed by atoms with Crippen LogP contribution in [0.25, 0.3) is 11.6 Å². The molecule has 1 N–H and O–H groups in total. The molecule has 158 valence electrons. The highest BCUT2D eigenvalue weighted by molar-refractivity contribution is 7.80. The molecule has 0 aliphatic carbocycles. The van der Waals surface area contributed by atoms with Crippen molar-refractivity contribution in [2.45, 2.75) is 33.2 Å². The van der Waals surface area contributed by atoms with E-state index in [0.717, 1.165) is 22.4 Å². The van der Waals surface area contributed by atoms with Crippen LogP contribution in [0.3, 0.4) is 0 Å². The van der Waals surface area contributed by atoms with E-state index < -0.39 is 11.8 Å². The number of hydrogen-bond acceptors (Lipinski definition) is 4. The van der Waals surface area contributed by atoms with E-state index >= 15 is 0 Å². The number of anilines is 2. The number of nitrogens with one attached hydrogen (secondary N) is 1. The lowest BCUT2D eigenvalue weighted by Gasteiger charge is -2.41. The second kappa shape index (κ2) is 7.46. The number of carbonyl (C=O) groups excluding carboxylic acids is 2. The van der Waals surface area contributed by atoms with Gasteiger partial charge in [0.2, 0.25) is 0 Å². The molecule has 2 aliphatic heterocycles. The average Bonchev–Trinajstić information content (AvgIpc) is 2.70. The van der Waals surface area contributed by atoms with E-state index in [4.69, 9.17) is 12.2 Å². The Hall–Kier alpha value is -3.25. The predicted molar refractivity (Wildman–Crippen MR) is 130 cm³/mol. The van der Waals surface area contributed by atoms with Crippen LogP contribution < -0.4 is 15.1 Å². The Balaban J connectivity index is 1.79. The first kappa shape index (κ1) is 21.0. The third kappa shape index (κ3) is 3.57. The lowest BCUT2D eigenvalue weighted by atomic mass is 9.87. The van der Waals surface area contributed by atoms with E-state index in [0.29, 0.717) is 5.69 Å². The van der Waals surface area contributed by atoms with Gasteiger partial charge in [-0.15, -0.1) is 0 Å². The summed E-state index contributed by atoms with van der Waals surface area (Å²) in [6.45, 7) is 8.44. The number of para-hydroxylation sites is 1. The zero-order chi connectivity index (χ0) is 22.5. The monoisotopic (exact) mass is 431 g/mol. The Bertz CT molecular complexity index is 1180. The van der Waals surface area contributed by atoms with Gasteiger partial charge in [-0.3, -0.25) is 19.8 Å². The lowest BCUT2D eigenvalue weighted by molar-refractivity contribution is -0.122. The van der Waals surface area contributed by atoms with Gasteiger partial charge in [-0.25, -0.2) is 0 Å². The van der Waals surface area contributed by atoms with E-state index in [1.54, 1.807) is 18.2 Å².